The molecule has 0 N–H and O–H groups in total. The van der Waals surface area contributed by atoms with Crippen molar-refractivity contribution >= 4 is 11.9 Å². The molecule has 1 aliphatic heterocycles. The highest BCUT2D eigenvalue weighted by atomic mass is 16.5. The molecule has 2 heterocycles. The molecule has 116 valence electrons. The Morgan fingerprint density at radius 3 is 2.76 bits per heavy atom. The fraction of sp³-hybridized carbons (Fsp3) is 0.667. The summed E-state index contributed by atoms with van der Waals surface area (Å²) in [6.45, 7) is 7.53. The zero-order chi connectivity index (χ0) is 15.6. The maximum absolute atomic E-state index is 12.4. The van der Waals surface area contributed by atoms with Crippen molar-refractivity contribution in [1.82, 2.24) is 14.9 Å². The Balaban J connectivity index is 2.14. The lowest BCUT2D eigenvalue weighted by Crippen LogP contribution is -2.47. The summed E-state index contributed by atoms with van der Waals surface area (Å²) in [6, 6.07) is 1.85. The van der Waals surface area contributed by atoms with Crippen LogP contribution in [0.4, 0.5) is 5.95 Å². The van der Waals surface area contributed by atoms with E-state index >= 15 is 0 Å². The molecule has 6 heteroatoms. The summed E-state index contributed by atoms with van der Waals surface area (Å²) in [4.78, 5) is 24.8. The number of anilines is 1. The number of morpholine rings is 1. The van der Waals surface area contributed by atoms with Crippen LogP contribution in [0.2, 0.25) is 0 Å². The first-order valence-corrected chi connectivity index (χ1v) is 7.20. The third kappa shape index (κ3) is 3.69. The molecule has 1 fully saturated rings. The van der Waals surface area contributed by atoms with Crippen LogP contribution in [0.1, 0.15) is 32.6 Å². The minimum atomic E-state index is -0.373. The number of ether oxygens (including phenoxy) is 1. The van der Waals surface area contributed by atoms with Crippen LogP contribution in [-0.4, -0.2) is 54.6 Å². The molecule has 0 radical (unpaired) electrons. The molecule has 0 aromatic carbocycles. The average molecular weight is 292 g/mol. The topological polar surface area (TPSA) is 58.6 Å². The van der Waals surface area contributed by atoms with Crippen LogP contribution < -0.4 is 4.90 Å². The summed E-state index contributed by atoms with van der Waals surface area (Å²) in [5.41, 5.74) is 0.447. The molecule has 1 aromatic rings. The number of rotatable bonds is 2. The van der Waals surface area contributed by atoms with Gasteiger partial charge in [-0.25, -0.2) is 9.97 Å². The van der Waals surface area contributed by atoms with Gasteiger partial charge >= 0.3 is 0 Å². The molecule has 0 aliphatic carbocycles. The first-order valence-electron chi connectivity index (χ1n) is 7.20. The lowest BCUT2D eigenvalue weighted by molar-refractivity contribution is -0.147. The van der Waals surface area contributed by atoms with Gasteiger partial charge in [-0.1, -0.05) is 20.8 Å². The van der Waals surface area contributed by atoms with Gasteiger partial charge in [-0.05, 0) is 6.07 Å². The largest absolute Gasteiger partial charge is 0.368 e. The van der Waals surface area contributed by atoms with Gasteiger partial charge in [0, 0.05) is 32.3 Å². The molecule has 0 spiro atoms. The second-order valence-corrected chi connectivity index (χ2v) is 6.54. The van der Waals surface area contributed by atoms with Crippen molar-refractivity contribution in [3.8, 4) is 0 Å². The number of carbonyl (C=O) groups excluding carboxylic acids is 1. The highest BCUT2D eigenvalue weighted by Crippen LogP contribution is 2.25. The molecule has 1 saturated heterocycles. The first-order chi connectivity index (χ1) is 9.79. The smallest absolute Gasteiger partial charge is 0.228 e. The Morgan fingerprint density at radius 2 is 2.14 bits per heavy atom. The predicted molar refractivity (Wildman–Crippen MR) is 81.1 cm³/mol. The van der Waals surface area contributed by atoms with Crippen LogP contribution in [-0.2, 0) is 9.53 Å². The Hall–Kier alpha value is -1.69. The van der Waals surface area contributed by atoms with Crippen LogP contribution in [0, 0.1) is 5.41 Å². The number of hydrogen-bond acceptors (Lipinski definition) is 5. The standard InChI is InChI=1S/C15H24N4O2/c1-15(2,3)13(20)19-8-9-21-12(10-19)11-6-7-16-14(17-11)18(4)5/h6-7,12H,8-10H2,1-5H3/t12-/m1/s1. The molecule has 1 aromatic heterocycles. The summed E-state index contributed by atoms with van der Waals surface area (Å²) in [6.07, 6.45) is 1.54. The first kappa shape index (κ1) is 15.7. The van der Waals surface area contributed by atoms with E-state index in [9.17, 15) is 4.79 Å². The van der Waals surface area contributed by atoms with E-state index in [0.717, 1.165) is 5.69 Å². The second-order valence-electron chi connectivity index (χ2n) is 6.54. The van der Waals surface area contributed by atoms with Crippen LogP contribution in [0.5, 0.6) is 0 Å². The molecule has 0 bridgehead atoms. The minimum Gasteiger partial charge on any atom is -0.368 e. The summed E-state index contributed by atoms with van der Waals surface area (Å²) in [7, 11) is 3.80. The molecular formula is C15H24N4O2. The normalized spacial score (nSPS) is 19.5. The van der Waals surface area contributed by atoms with E-state index in [1.54, 1.807) is 6.20 Å². The van der Waals surface area contributed by atoms with E-state index in [1.807, 2.05) is 50.7 Å². The molecule has 1 atom stereocenters. The number of hydrogen-bond donors (Lipinski definition) is 0. The molecule has 2 rings (SSSR count). The summed E-state index contributed by atoms with van der Waals surface area (Å²) >= 11 is 0. The Labute approximate surface area is 126 Å². The lowest BCUT2D eigenvalue weighted by Gasteiger charge is -2.36. The minimum absolute atomic E-state index is 0.151. The second kappa shape index (κ2) is 5.97. The highest BCUT2D eigenvalue weighted by molar-refractivity contribution is 5.81. The van der Waals surface area contributed by atoms with Crippen molar-refractivity contribution < 1.29 is 9.53 Å². The van der Waals surface area contributed by atoms with Gasteiger partial charge in [0.25, 0.3) is 0 Å². The van der Waals surface area contributed by atoms with Crippen molar-refractivity contribution in [2.75, 3.05) is 38.7 Å². The SMILES string of the molecule is CN(C)c1nccc([C@H]2CN(C(=O)C(C)(C)C)CCO2)n1. The summed E-state index contributed by atoms with van der Waals surface area (Å²) in [5.74, 6) is 0.799. The van der Waals surface area contributed by atoms with Gasteiger partial charge in [0.05, 0.1) is 18.8 Å². The summed E-state index contributed by atoms with van der Waals surface area (Å²) < 4.78 is 5.79. The third-order valence-corrected chi connectivity index (χ3v) is 3.39. The zero-order valence-corrected chi connectivity index (χ0v) is 13.5. The quantitative estimate of drug-likeness (QED) is 0.826. The number of amides is 1. The van der Waals surface area contributed by atoms with Gasteiger partial charge in [-0.2, -0.15) is 0 Å². The Kier molecular flexibility index (Phi) is 4.46. The van der Waals surface area contributed by atoms with Crippen molar-refractivity contribution in [1.29, 1.82) is 0 Å². The van der Waals surface area contributed by atoms with E-state index in [1.165, 1.54) is 0 Å². The lowest BCUT2D eigenvalue weighted by atomic mass is 9.94. The van der Waals surface area contributed by atoms with E-state index in [0.29, 0.717) is 25.6 Å². The third-order valence-electron chi connectivity index (χ3n) is 3.39. The van der Waals surface area contributed by atoms with Crippen molar-refractivity contribution in [3.05, 3.63) is 18.0 Å². The number of carbonyl (C=O) groups is 1. The van der Waals surface area contributed by atoms with Gasteiger partial charge in [0.1, 0.15) is 6.10 Å². The summed E-state index contributed by atoms with van der Waals surface area (Å²) in [5, 5.41) is 0. The predicted octanol–water partition coefficient (Wildman–Crippen LogP) is 1.49. The number of nitrogens with zero attached hydrogens (tertiary/aromatic N) is 4. The van der Waals surface area contributed by atoms with Gasteiger partial charge in [-0.15, -0.1) is 0 Å². The molecule has 0 saturated carbocycles. The molecule has 0 unspecified atom stereocenters. The monoisotopic (exact) mass is 292 g/mol. The maximum Gasteiger partial charge on any atom is 0.228 e. The van der Waals surface area contributed by atoms with Crippen LogP contribution >= 0.6 is 0 Å². The van der Waals surface area contributed by atoms with Crippen LogP contribution in [0.3, 0.4) is 0 Å². The van der Waals surface area contributed by atoms with Gasteiger partial charge in [-0.3, -0.25) is 4.79 Å². The maximum atomic E-state index is 12.4. The molecule has 1 aliphatic rings. The van der Waals surface area contributed by atoms with Crippen molar-refractivity contribution in [2.24, 2.45) is 5.41 Å². The molecule has 1 amide bonds. The number of aromatic nitrogens is 2. The van der Waals surface area contributed by atoms with E-state index < -0.39 is 0 Å². The van der Waals surface area contributed by atoms with Crippen LogP contribution in [0.25, 0.3) is 0 Å². The Morgan fingerprint density at radius 1 is 1.43 bits per heavy atom. The van der Waals surface area contributed by atoms with E-state index in [-0.39, 0.29) is 17.4 Å². The van der Waals surface area contributed by atoms with E-state index in [4.69, 9.17) is 4.74 Å². The molecule has 21 heavy (non-hydrogen) atoms. The Bertz CT molecular complexity index is 511. The van der Waals surface area contributed by atoms with Crippen molar-refractivity contribution in [3.63, 3.8) is 0 Å². The zero-order valence-electron chi connectivity index (χ0n) is 13.5. The fourth-order valence-electron chi connectivity index (χ4n) is 2.24. The molecular weight excluding hydrogens is 268 g/mol. The van der Waals surface area contributed by atoms with Gasteiger partial charge in [0.15, 0.2) is 0 Å². The average Bonchev–Trinajstić information content (AvgIpc) is 2.45. The van der Waals surface area contributed by atoms with E-state index in [2.05, 4.69) is 9.97 Å². The van der Waals surface area contributed by atoms with Gasteiger partial charge in [0.2, 0.25) is 11.9 Å². The fourth-order valence-corrected chi connectivity index (χ4v) is 2.24. The van der Waals surface area contributed by atoms with Crippen LogP contribution in [0.15, 0.2) is 12.3 Å². The van der Waals surface area contributed by atoms with Gasteiger partial charge < -0.3 is 14.5 Å². The van der Waals surface area contributed by atoms with Crippen molar-refractivity contribution in [2.45, 2.75) is 26.9 Å². The molecule has 6 nitrogen and oxygen atoms in total. The highest BCUT2D eigenvalue weighted by Gasteiger charge is 2.32.